The van der Waals surface area contributed by atoms with E-state index in [-0.39, 0.29) is 11.3 Å². The molecular weight excluding hydrogens is 344 g/mol. The second kappa shape index (κ2) is 7.29. The molecular formula is C25H38N2O. The Morgan fingerprint density at radius 3 is 2.71 bits per heavy atom. The predicted molar refractivity (Wildman–Crippen MR) is 112 cm³/mol. The molecule has 1 aromatic rings. The van der Waals surface area contributed by atoms with E-state index in [0.29, 0.717) is 12.3 Å². The zero-order valence-corrected chi connectivity index (χ0v) is 17.9. The largest absolute Gasteiger partial charge is 0.297 e. The average Bonchev–Trinajstić information content (AvgIpc) is 3.34. The van der Waals surface area contributed by atoms with Crippen molar-refractivity contribution in [2.24, 2.45) is 46.8 Å². The van der Waals surface area contributed by atoms with Crippen molar-refractivity contribution in [3.05, 3.63) is 18.5 Å². The predicted octanol–water partition coefficient (Wildman–Crippen LogP) is 5.75. The first-order valence-corrected chi connectivity index (χ1v) is 12.1. The highest BCUT2D eigenvalue weighted by molar-refractivity contribution is 5.82. The van der Waals surface area contributed by atoms with Crippen LogP contribution in [0, 0.1) is 46.8 Å². The van der Waals surface area contributed by atoms with Gasteiger partial charge in [0.15, 0.2) is 5.78 Å². The van der Waals surface area contributed by atoms with Crippen molar-refractivity contribution in [1.29, 1.82) is 0 Å². The van der Waals surface area contributed by atoms with Crippen LogP contribution in [0.15, 0.2) is 18.5 Å². The van der Waals surface area contributed by atoms with Crippen LogP contribution in [0.2, 0.25) is 0 Å². The smallest absolute Gasteiger partial charge is 0.157 e. The van der Waals surface area contributed by atoms with Crippen molar-refractivity contribution in [1.82, 2.24) is 9.78 Å². The Hall–Kier alpha value is -1.12. The number of Topliss-reactive ketones (excluding diaryl/α,β-unsaturated/α-hetero) is 1. The quantitative estimate of drug-likeness (QED) is 0.665. The lowest BCUT2D eigenvalue weighted by molar-refractivity contribution is -0.131. The number of carbonyl (C=O) groups excluding carboxylic acids is 1. The molecule has 0 aromatic carbocycles. The average molecular weight is 383 g/mol. The lowest BCUT2D eigenvalue weighted by Gasteiger charge is -2.56. The first kappa shape index (κ1) is 18.9. The van der Waals surface area contributed by atoms with Gasteiger partial charge in [-0.1, -0.05) is 26.7 Å². The first-order chi connectivity index (χ1) is 13.6. The lowest BCUT2D eigenvalue weighted by Crippen LogP contribution is -2.49. The third kappa shape index (κ3) is 2.99. The van der Waals surface area contributed by atoms with Crippen LogP contribution in [0.4, 0.5) is 0 Å². The Labute approximate surface area is 170 Å². The van der Waals surface area contributed by atoms with Crippen LogP contribution in [0.1, 0.15) is 78.1 Å². The van der Waals surface area contributed by atoms with Crippen molar-refractivity contribution in [2.45, 2.75) is 84.6 Å². The van der Waals surface area contributed by atoms with Crippen molar-refractivity contribution in [2.75, 3.05) is 0 Å². The van der Waals surface area contributed by atoms with Gasteiger partial charge >= 0.3 is 0 Å². The molecule has 1 heterocycles. The first-order valence-electron chi connectivity index (χ1n) is 12.1. The summed E-state index contributed by atoms with van der Waals surface area (Å²) in [7, 11) is 0. The van der Waals surface area contributed by atoms with Crippen molar-refractivity contribution in [3.8, 4) is 0 Å². The molecule has 0 bridgehead atoms. The van der Waals surface area contributed by atoms with E-state index >= 15 is 0 Å². The fourth-order valence-electron chi connectivity index (χ4n) is 8.51. The summed E-state index contributed by atoms with van der Waals surface area (Å²) in [6.07, 6.45) is 17.6. The van der Waals surface area contributed by atoms with Crippen molar-refractivity contribution >= 4 is 5.78 Å². The van der Waals surface area contributed by atoms with Gasteiger partial charge in [-0.2, -0.15) is 5.10 Å². The summed E-state index contributed by atoms with van der Waals surface area (Å²) < 4.78 is 1.82. The standard InChI is InChI=1S/C25H38N2O/c1-3-17-5-7-19-18(15-17)6-8-21-20(19)11-12-25(2)22(21)9-10-23(25)24(28)16-27-14-4-13-26-27/h4,13-14,17-23H,3,5-12,15-16H2,1-2H3. The number of nitrogens with zero attached hydrogens (tertiary/aromatic N) is 2. The SMILES string of the molecule is CCC1CCC2C(CCC3C2CCC2(C)C(C(=O)Cn4cccn4)CCC32)C1. The molecule has 0 spiro atoms. The molecule has 4 aliphatic carbocycles. The number of aromatic nitrogens is 2. The van der Waals surface area contributed by atoms with E-state index < -0.39 is 0 Å². The van der Waals surface area contributed by atoms with Crippen LogP contribution in [0.3, 0.4) is 0 Å². The van der Waals surface area contributed by atoms with Gasteiger partial charge in [-0.05, 0) is 98.4 Å². The normalized spacial score (nSPS) is 45.1. The van der Waals surface area contributed by atoms with Crippen LogP contribution in [-0.4, -0.2) is 15.6 Å². The summed E-state index contributed by atoms with van der Waals surface area (Å²) in [6.45, 7) is 5.34. The maximum atomic E-state index is 13.2. The Morgan fingerprint density at radius 1 is 1.07 bits per heavy atom. The highest BCUT2D eigenvalue weighted by Gasteiger charge is 2.58. The maximum Gasteiger partial charge on any atom is 0.157 e. The third-order valence-electron chi connectivity index (χ3n) is 9.91. The lowest BCUT2D eigenvalue weighted by atomic mass is 9.49. The summed E-state index contributed by atoms with van der Waals surface area (Å²) in [5.74, 6) is 6.38. The molecule has 8 unspecified atom stereocenters. The van der Waals surface area contributed by atoms with Gasteiger partial charge in [0.05, 0.1) is 6.54 Å². The summed E-state index contributed by atoms with van der Waals surface area (Å²) in [5, 5.41) is 4.27. The number of hydrogen-bond donors (Lipinski definition) is 0. The topological polar surface area (TPSA) is 34.9 Å². The van der Waals surface area contributed by atoms with Crippen LogP contribution in [0.5, 0.6) is 0 Å². The van der Waals surface area contributed by atoms with Gasteiger partial charge < -0.3 is 0 Å². The van der Waals surface area contributed by atoms with Crippen LogP contribution in [-0.2, 0) is 11.3 Å². The zero-order chi connectivity index (χ0) is 19.3. The third-order valence-corrected chi connectivity index (χ3v) is 9.91. The molecule has 5 rings (SSSR count). The molecule has 3 heteroatoms. The van der Waals surface area contributed by atoms with Gasteiger partial charge in [-0.15, -0.1) is 0 Å². The number of hydrogen-bond acceptors (Lipinski definition) is 2. The fourth-order valence-corrected chi connectivity index (χ4v) is 8.51. The van der Waals surface area contributed by atoms with Gasteiger partial charge in [0.1, 0.15) is 0 Å². The van der Waals surface area contributed by atoms with E-state index in [1.807, 2.05) is 16.9 Å². The molecule has 0 amide bonds. The van der Waals surface area contributed by atoms with Gasteiger partial charge in [-0.25, -0.2) is 0 Å². The van der Waals surface area contributed by atoms with Crippen molar-refractivity contribution in [3.63, 3.8) is 0 Å². The van der Waals surface area contributed by atoms with Gasteiger partial charge in [0.25, 0.3) is 0 Å². The Balaban J connectivity index is 1.31. The molecule has 0 saturated heterocycles. The Kier molecular flexibility index (Phi) is 4.92. The highest BCUT2D eigenvalue weighted by Crippen LogP contribution is 2.64. The zero-order valence-electron chi connectivity index (χ0n) is 17.9. The van der Waals surface area contributed by atoms with Gasteiger partial charge in [-0.3, -0.25) is 9.48 Å². The minimum absolute atomic E-state index is 0.249. The molecule has 3 nitrogen and oxygen atoms in total. The molecule has 0 radical (unpaired) electrons. The molecule has 4 aliphatic rings. The number of rotatable bonds is 4. The monoisotopic (exact) mass is 382 g/mol. The highest BCUT2D eigenvalue weighted by atomic mass is 16.1. The molecule has 28 heavy (non-hydrogen) atoms. The Morgan fingerprint density at radius 2 is 1.93 bits per heavy atom. The number of carbonyl (C=O) groups is 1. The second-order valence-corrected chi connectivity index (χ2v) is 10.9. The minimum atomic E-state index is 0.249. The molecule has 1 aromatic heterocycles. The van der Waals surface area contributed by atoms with Crippen molar-refractivity contribution < 1.29 is 4.79 Å². The van der Waals surface area contributed by atoms with E-state index in [0.717, 1.165) is 41.9 Å². The molecule has 8 atom stereocenters. The van der Waals surface area contributed by atoms with Crippen LogP contribution in [0.25, 0.3) is 0 Å². The van der Waals surface area contributed by atoms with Gasteiger partial charge in [0, 0.05) is 18.3 Å². The van der Waals surface area contributed by atoms with Gasteiger partial charge in [0.2, 0.25) is 0 Å². The summed E-state index contributed by atoms with van der Waals surface area (Å²) >= 11 is 0. The van der Waals surface area contributed by atoms with E-state index in [4.69, 9.17) is 0 Å². The number of ketones is 1. The van der Waals surface area contributed by atoms with Crippen LogP contribution < -0.4 is 0 Å². The summed E-state index contributed by atoms with van der Waals surface area (Å²) in [6, 6.07) is 1.92. The Bertz CT molecular complexity index is 697. The molecule has 0 aliphatic heterocycles. The van der Waals surface area contributed by atoms with E-state index in [1.165, 1.54) is 57.8 Å². The fraction of sp³-hybridized carbons (Fsp3) is 0.840. The maximum absolute atomic E-state index is 13.2. The van der Waals surface area contributed by atoms with E-state index in [9.17, 15) is 4.79 Å². The minimum Gasteiger partial charge on any atom is -0.297 e. The van der Waals surface area contributed by atoms with E-state index in [2.05, 4.69) is 18.9 Å². The molecule has 4 fully saturated rings. The molecule has 154 valence electrons. The van der Waals surface area contributed by atoms with E-state index in [1.54, 1.807) is 6.20 Å². The van der Waals surface area contributed by atoms with Crippen LogP contribution >= 0.6 is 0 Å². The molecule has 0 N–H and O–H groups in total. The summed E-state index contributed by atoms with van der Waals surface area (Å²) in [5.41, 5.74) is 0.249. The second-order valence-electron chi connectivity index (χ2n) is 10.9. The number of fused-ring (bicyclic) bond motifs is 5. The summed E-state index contributed by atoms with van der Waals surface area (Å²) in [4.78, 5) is 13.2. The molecule has 4 saturated carbocycles.